The lowest BCUT2D eigenvalue weighted by atomic mass is 9.83. The van der Waals surface area contributed by atoms with Crippen LogP contribution in [0.3, 0.4) is 0 Å². The van der Waals surface area contributed by atoms with Crippen LogP contribution in [0.25, 0.3) is 0 Å². The quantitative estimate of drug-likeness (QED) is 0.925. The summed E-state index contributed by atoms with van der Waals surface area (Å²) in [5.74, 6) is 1.61. The predicted molar refractivity (Wildman–Crippen MR) is 86.9 cm³/mol. The summed E-state index contributed by atoms with van der Waals surface area (Å²) in [5, 5.41) is 3.76. The van der Waals surface area contributed by atoms with Gasteiger partial charge in [0, 0.05) is 37.6 Å². The molecule has 0 aromatic carbocycles. The molecule has 0 bridgehead atoms. The lowest BCUT2D eigenvalue weighted by Crippen LogP contribution is -2.61. The van der Waals surface area contributed by atoms with E-state index < -0.39 is 0 Å². The van der Waals surface area contributed by atoms with Crippen molar-refractivity contribution in [3.05, 3.63) is 24.3 Å². The maximum absolute atomic E-state index is 4.41. The largest absolute Gasteiger partial charge is 0.311 e. The molecule has 1 fully saturated rings. The highest BCUT2D eigenvalue weighted by Gasteiger charge is 2.35. The van der Waals surface area contributed by atoms with Gasteiger partial charge in [0.2, 0.25) is 0 Å². The lowest BCUT2D eigenvalue weighted by Gasteiger charge is -2.46. The number of rotatable bonds is 4. The van der Waals surface area contributed by atoms with E-state index in [1.54, 1.807) is 0 Å². The van der Waals surface area contributed by atoms with E-state index in [0.717, 1.165) is 25.5 Å². The van der Waals surface area contributed by atoms with Crippen LogP contribution >= 0.6 is 0 Å². The van der Waals surface area contributed by atoms with Gasteiger partial charge in [-0.3, -0.25) is 4.90 Å². The van der Waals surface area contributed by atoms with Crippen LogP contribution in [0.15, 0.2) is 18.5 Å². The van der Waals surface area contributed by atoms with Crippen molar-refractivity contribution in [1.29, 1.82) is 0 Å². The number of hydrogen-bond donors (Lipinski definition) is 1. The highest BCUT2D eigenvalue weighted by Crippen LogP contribution is 2.27. The monoisotopic (exact) mass is 290 g/mol. The first-order chi connectivity index (χ1) is 9.91. The summed E-state index contributed by atoms with van der Waals surface area (Å²) in [6, 6.07) is 2.96. The van der Waals surface area contributed by atoms with Crippen LogP contribution in [-0.2, 0) is 6.54 Å². The number of aromatic nitrogens is 2. The molecule has 118 valence electrons. The van der Waals surface area contributed by atoms with E-state index in [1.165, 1.54) is 6.42 Å². The van der Waals surface area contributed by atoms with Crippen molar-refractivity contribution in [2.45, 2.75) is 59.7 Å². The first-order valence-electron chi connectivity index (χ1n) is 8.15. The summed E-state index contributed by atoms with van der Waals surface area (Å²) in [6.07, 6.45) is 4.88. The van der Waals surface area contributed by atoms with Gasteiger partial charge in [-0.15, -0.1) is 0 Å². The Morgan fingerprint density at radius 2 is 2.00 bits per heavy atom. The Kier molecular flexibility index (Phi) is 5.33. The highest BCUT2D eigenvalue weighted by molar-refractivity contribution is 4.96. The predicted octanol–water partition coefficient (Wildman–Crippen LogP) is 2.71. The molecule has 0 spiro atoms. The third kappa shape index (κ3) is 4.24. The molecule has 1 aromatic rings. The summed E-state index contributed by atoms with van der Waals surface area (Å²) in [7, 11) is 0. The minimum atomic E-state index is 0.274. The Bertz CT molecular complexity index is 426. The standard InChI is InChI=1S/C17H30N4/c1-6-13(2)14-10-20-15(17(3,4)5)11-21(14)12-16-18-8-7-9-19-16/h7-9,13-15,20H,6,10-12H2,1-5H3. The Morgan fingerprint density at radius 1 is 1.33 bits per heavy atom. The van der Waals surface area contributed by atoms with Gasteiger partial charge >= 0.3 is 0 Å². The number of nitrogens with one attached hydrogen (secondary N) is 1. The zero-order chi connectivity index (χ0) is 15.5. The summed E-state index contributed by atoms with van der Waals surface area (Å²) in [6.45, 7) is 14.5. The summed E-state index contributed by atoms with van der Waals surface area (Å²) in [4.78, 5) is 11.4. The fourth-order valence-electron chi connectivity index (χ4n) is 3.01. The number of piperazine rings is 1. The lowest BCUT2D eigenvalue weighted by molar-refractivity contribution is 0.0503. The second-order valence-electron chi connectivity index (χ2n) is 7.37. The van der Waals surface area contributed by atoms with Gasteiger partial charge in [-0.1, -0.05) is 41.0 Å². The van der Waals surface area contributed by atoms with Crippen molar-refractivity contribution in [3.63, 3.8) is 0 Å². The molecule has 1 aromatic heterocycles. The summed E-state index contributed by atoms with van der Waals surface area (Å²) < 4.78 is 0. The Hall–Kier alpha value is -1.00. The molecule has 1 aliphatic heterocycles. The van der Waals surface area contributed by atoms with Gasteiger partial charge in [0.1, 0.15) is 5.82 Å². The first kappa shape index (κ1) is 16.4. The van der Waals surface area contributed by atoms with E-state index in [0.29, 0.717) is 18.0 Å². The molecule has 1 N–H and O–H groups in total. The van der Waals surface area contributed by atoms with Gasteiger partial charge in [0.25, 0.3) is 0 Å². The van der Waals surface area contributed by atoms with Gasteiger partial charge in [0.15, 0.2) is 0 Å². The smallest absolute Gasteiger partial charge is 0.142 e. The molecule has 1 aliphatic rings. The Labute approximate surface area is 129 Å². The van der Waals surface area contributed by atoms with Crippen LogP contribution in [0.5, 0.6) is 0 Å². The van der Waals surface area contributed by atoms with Crippen molar-refractivity contribution < 1.29 is 0 Å². The average Bonchev–Trinajstić information content (AvgIpc) is 2.46. The Morgan fingerprint density at radius 3 is 2.57 bits per heavy atom. The van der Waals surface area contributed by atoms with Gasteiger partial charge in [-0.25, -0.2) is 9.97 Å². The maximum Gasteiger partial charge on any atom is 0.142 e. The average molecular weight is 290 g/mol. The van der Waals surface area contributed by atoms with Crippen LogP contribution in [0.2, 0.25) is 0 Å². The third-order valence-electron chi connectivity index (χ3n) is 4.77. The van der Waals surface area contributed by atoms with Crippen molar-refractivity contribution in [1.82, 2.24) is 20.2 Å². The first-order valence-corrected chi connectivity index (χ1v) is 8.15. The molecular weight excluding hydrogens is 260 g/mol. The molecule has 0 amide bonds. The van der Waals surface area contributed by atoms with E-state index in [9.17, 15) is 0 Å². The van der Waals surface area contributed by atoms with Gasteiger partial charge < -0.3 is 5.32 Å². The molecule has 4 nitrogen and oxygen atoms in total. The summed E-state index contributed by atoms with van der Waals surface area (Å²) in [5.41, 5.74) is 0.274. The molecule has 2 heterocycles. The van der Waals surface area contributed by atoms with Gasteiger partial charge in [-0.2, -0.15) is 0 Å². The second-order valence-corrected chi connectivity index (χ2v) is 7.37. The maximum atomic E-state index is 4.41. The third-order valence-corrected chi connectivity index (χ3v) is 4.77. The molecule has 3 unspecified atom stereocenters. The minimum Gasteiger partial charge on any atom is -0.311 e. The molecular formula is C17H30N4. The van der Waals surface area contributed by atoms with Crippen LogP contribution in [0.4, 0.5) is 0 Å². The molecule has 4 heteroatoms. The fourth-order valence-corrected chi connectivity index (χ4v) is 3.01. The van der Waals surface area contributed by atoms with Crippen LogP contribution < -0.4 is 5.32 Å². The SMILES string of the molecule is CCC(C)C1CNC(C(C)(C)C)CN1Cc1ncccn1. The van der Waals surface area contributed by atoms with Crippen molar-refractivity contribution in [2.75, 3.05) is 13.1 Å². The number of nitrogens with zero attached hydrogens (tertiary/aromatic N) is 3. The fraction of sp³-hybridized carbons (Fsp3) is 0.765. The minimum absolute atomic E-state index is 0.274. The van der Waals surface area contributed by atoms with E-state index in [2.05, 4.69) is 54.8 Å². The molecule has 0 aliphatic carbocycles. The molecule has 1 saturated heterocycles. The van der Waals surface area contributed by atoms with Crippen LogP contribution in [0, 0.1) is 11.3 Å². The molecule has 0 saturated carbocycles. The van der Waals surface area contributed by atoms with E-state index >= 15 is 0 Å². The highest BCUT2D eigenvalue weighted by atomic mass is 15.3. The zero-order valence-electron chi connectivity index (χ0n) is 14.1. The van der Waals surface area contributed by atoms with E-state index in [4.69, 9.17) is 0 Å². The molecule has 3 atom stereocenters. The van der Waals surface area contributed by atoms with Crippen molar-refractivity contribution in [2.24, 2.45) is 11.3 Å². The zero-order valence-corrected chi connectivity index (χ0v) is 14.1. The Balaban J connectivity index is 2.13. The van der Waals surface area contributed by atoms with Gasteiger partial charge in [0.05, 0.1) is 6.54 Å². The van der Waals surface area contributed by atoms with E-state index in [-0.39, 0.29) is 5.41 Å². The number of hydrogen-bond acceptors (Lipinski definition) is 4. The molecule has 21 heavy (non-hydrogen) atoms. The van der Waals surface area contributed by atoms with Crippen molar-refractivity contribution >= 4 is 0 Å². The van der Waals surface area contributed by atoms with E-state index in [1.807, 2.05) is 18.5 Å². The normalized spacial score (nSPS) is 25.8. The second kappa shape index (κ2) is 6.84. The van der Waals surface area contributed by atoms with Crippen LogP contribution in [0.1, 0.15) is 46.9 Å². The van der Waals surface area contributed by atoms with Crippen LogP contribution in [-0.4, -0.2) is 40.0 Å². The topological polar surface area (TPSA) is 41.0 Å². The molecule has 0 radical (unpaired) electrons. The molecule has 2 rings (SSSR count). The summed E-state index contributed by atoms with van der Waals surface area (Å²) >= 11 is 0. The van der Waals surface area contributed by atoms with Gasteiger partial charge in [-0.05, 0) is 17.4 Å². The van der Waals surface area contributed by atoms with Crippen molar-refractivity contribution in [3.8, 4) is 0 Å².